The Bertz CT molecular complexity index is 819. The van der Waals surface area contributed by atoms with Crippen molar-refractivity contribution in [3.63, 3.8) is 0 Å². The van der Waals surface area contributed by atoms with E-state index in [1.165, 1.54) is 21.9 Å². The highest BCUT2D eigenvalue weighted by atomic mass is 32.2. The summed E-state index contributed by atoms with van der Waals surface area (Å²) in [5, 5.41) is 13.5. The Kier molecular flexibility index (Phi) is 5.46. The zero-order valence-corrected chi connectivity index (χ0v) is 16.0. The van der Waals surface area contributed by atoms with Gasteiger partial charge in [-0.3, -0.25) is 0 Å². The third-order valence-electron chi connectivity index (χ3n) is 3.93. The molecular formula is C14H21N5O4S2. The minimum atomic E-state index is -3.39. The molecule has 1 fully saturated rings. The summed E-state index contributed by atoms with van der Waals surface area (Å²) in [5.74, 6) is 1.01. The number of sulfonamides is 1. The van der Waals surface area contributed by atoms with Gasteiger partial charge >= 0.3 is 0 Å². The second-order valence-corrected chi connectivity index (χ2v) is 9.13. The van der Waals surface area contributed by atoms with E-state index in [9.17, 15) is 8.42 Å². The molecule has 2 aromatic heterocycles. The third-order valence-corrected chi connectivity index (χ3v) is 6.19. The molecule has 138 valence electrons. The Labute approximate surface area is 150 Å². The zero-order valence-electron chi connectivity index (χ0n) is 14.4. The van der Waals surface area contributed by atoms with E-state index in [0.29, 0.717) is 16.7 Å². The summed E-state index contributed by atoms with van der Waals surface area (Å²) < 4.78 is 36.7. The average molecular weight is 387 g/mol. The predicted octanol–water partition coefficient (Wildman–Crippen LogP) is 1.47. The lowest BCUT2D eigenvalue weighted by Gasteiger charge is -2.22. The fraction of sp³-hybridized carbons (Fsp3) is 0.714. The molecule has 0 aromatic carbocycles. The number of rotatable bonds is 7. The van der Waals surface area contributed by atoms with Crippen molar-refractivity contribution in [3.05, 3.63) is 21.7 Å². The molecule has 3 rings (SSSR count). The first-order chi connectivity index (χ1) is 11.8. The molecule has 0 saturated carbocycles. The molecule has 1 saturated heterocycles. The Hall–Kier alpha value is -1.43. The van der Waals surface area contributed by atoms with Gasteiger partial charge in [0.1, 0.15) is 16.1 Å². The third kappa shape index (κ3) is 4.60. The van der Waals surface area contributed by atoms with Crippen LogP contribution < -0.4 is 0 Å². The zero-order chi connectivity index (χ0) is 18.0. The molecule has 1 aliphatic rings. The molecule has 9 nitrogen and oxygen atoms in total. The Morgan fingerprint density at radius 1 is 1.28 bits per heavy atom. The van der Waals surface area contributed by atoms with E-state index in [4.69, 9.17) is 9.26 Å². The lowest BCUT2D eigenvalue weighted by atomic mass is 10.2. The summed E-state index contributed by atoms with van der Waals surface area (Å²) >= 11 is 1.43. The van der Waals surface area contributed by atoms with Gasteiger partial charge in [-0.25, -0.2) is 8.42 Å². The summed E-state index contributed by atoms with van der Waals surface area (Å²) in [5.41, 5.74) is 0. The molecule has 3 heterocycles. The standard InChI is InChI=1S/C14H21N5O4S2/c1-4-12-16-17-13(24-12)8-19(25(3,20)21)7-10-5-6-11(22-10)14-15-9(2)18-23-14/h10-11H,4-8H2,1-3H3/t10-,11+/m1/s1. The van der Waals surface area contributed by atoms with E-state index in [0.717, 1.165) is 24.3 Å². The molecule has 0 unspecified atom stereocenters. The number of ether oxygens (including phenoxy) is 1. The highest BCUT2D eigenvalue weighted by Crippen LogP contribution is 2.32. The van der Waals surface area contributed by atoms with Crippen molar-refractivity contribution < 1.29 is 17.7 Å². The monoisotopic (exact) mass is 387 g/mol. The normalized spacial score (nSPS) is 21.3. The fourth-order valence-electron chi connectivity index (χ4n) is 2.66. The molecule has 2 atom stereocenters. The number of aromatic nitrogens is 4. The summed E-state index contributed by atoms with van der Waals surface area (Å²) in [4.78, 5) is 4.18. The van der Waals surface area contributed by atoms with Crippen molar-refractivity contribution in [1.29, 1.82) is 0 Å². The van der Waals surface area contributed by atoms with Gasteiger partial charge in [0.05, 0.1) is 18.9 Å². The molecule has 0 aliphatic carbocycles. The highest BCUT2D eigenvalue weighted by Gasteiger charge is 2.33. The SMILES string of the molecule is CCc1nnc(CN(C[C@H]2CC[C@@H](c3nc(C)no3)O2)S(C)(=O)=O)s1. The van der Waals surface area contributed by atoms with Crippen LogP contribution in [0.5, 0.6) is 0 Å². The molecule has 0 radical (unpaired) electrons. The lowest BCUT2D eigenvalue weighted by Crippen LogP contribution is -2.36. The molecular weight excluding hydrogens is 366 g/mol. The van der Waals surface area contributed by atoms with Crippen LogP contribution in [0.25, 0.3) is 0 Å². The average Bonchev–Trinajstić information content (AvgIpc) is 3.26. The Balaban J connectivity index is 1.65. The Morgan fingerprint density at radius 3 is 2.64 bits per heavy atom. The molecule has 0 N–H and O–H groups in total. The molecule has 2 aromatic rings. The summed E-state index contributed by atoms with van der Waals surface area (Å²) in [6.45, 7) is 4.21. The quantitative estimate of drug-likeness (QED) is 0.702. The lowest BCUT2D eigenvalue weighted by molar-refractivity contribution is 0.0172. The maximum absolute atomic E-state index is 12.1. The summed E-state index contributed by atoms with van der Waals surface area (Å²) in [7, 11) is -3.39. The van der Waals surface area contributed by atoms with Gasteiger partial charge in [-0.05, 0) is 26.2 Å². The van der Waals surface area contributed by atoms with Crippen LogP contribution in [0.4, 0.5) is 0 Å². The second kappa shape index (κ2) is 7.44. The van der Waals surface area contributed by atoms with Gasteiger partial charge < -0.3 is 9.26 Å². The minimum absolute atomic E-state index is 0.209. The first-order valence-corrected chi connectivity index (χ1v) is 10.7. The highest BCUT2D eigenvalue weighted by molar-refractivity contribution is 7.88. The molecule has 1 aliphatic heterocycles. The number of aryl methyl sites for hydroxylation is 2. The van der Waals surface area contributed by atoms with Crippen LogP contribution in [0.1, 0.15) is 47.6 Å². The van der Waals surface area contributed by atoms with E-state index in [-0.39, 0.29) is 25.3 Å². The van der Waals surface area contributed by atoms with Gasteiger partial charge in [-0.1, -0.05) is 12.1 Å². The van der Waals surface area contributed by atoms with Crippen LogP contribution in [0.3, 0.4) is 0 Å². The van der Waals surface area contributed by atoms with Crippen LogP contribution in [-0.4, -0.2) is 52.0 Å². The number of hydrogen-bond acceptors (Lipinski definition) is 9. The van der Waals surface area contributed by atoms with E-state index in [2.05, 4.69) is 20.3 Å². The predicted molar refractivity (Wildman–Crippen MR) is 90.4 cm³/mol. The van der Waals surface area contributed by atoms with Crippen molar-refractivity contribution in [1.82, 2.24) is 24.6 Å². The van der Waals surface area contributed by atoms with Crippen molar-refractivity contribution >= 4 is 21.4 Å². The van der Waals surface area contributed by atoms with Gasteiger partial charge in [0, 0.05) is 6.54 Å². The maximum atomic E-state index is 12.1. The molecule has 25 heavy (non-hydrogen) atoms. The maximum Gasteiger partial charge on any atom is 0.255 e. The van der Waals surface area contributed by atoms with Crippen LogP contribution in [0.2, 0.25) is 0 Å². The number of nitrogens with zero attached hydrogens (tertiary/aromatic N) is 5. The largest absolute Gasteiger partial charge is 0.364 e. The summed E-state index contributed by atoms with van der Waals surface area (Å²) in [6, 6.07) is 0. The minimum Gasteiger partial charge on any atom is -0.364 e. The van der Waals surface area contributed by atoms with E-state index in [1.54, 1.807) is 6.92 Å². The molecule has 0 bridgehead atoms. The molecule has 0 spiro atoms. The summed E-state index contributed by atoms with van der Waals surface area (Å²) in [6.07, 6.45) is 2.94. The van der Waals surface area contributed by atoms with Gasteiger partial charge in [-0.15, -0.1) is 21.5 Å². The van der Waals surface area contributed by atoms with Gasteiger partial charge in [-0.2, -0.15) is 9.29 Å². The Morgan fingerprint density at radius 2 is 2.04 bits per heavy atom. The molecule has 0 amide bonds. The van der Waals surface area contributed by atoms with Crippen molar-refractivity contribution in [3.8, 4) is 0 Å². The van der Waals surface area contributed by atoms with Crippen molar-refractivity contribution in [2.24, 2.45) is 0 Å². The fourth-order valence-corrected chi connectivity index (χ4v) is 4.33. The first kappa shape index (κ1) is 18.4. The van der Waals surface area contributed by atoms with Crippen molar-refractivity contribution in [2.75, 3.05) is 12.8 Å². The second-order valence-electron chi connectivity index (χ2n) is 6.00. The van der Waals surface area contributed by atoms with Crippen LogP contribution in [0.15, 0.2) is 4.52 Å². The smallest absolute Gasteiger partial charge is 0.255 e. The van der Waals surface area contributed by atoms with Gasteiger partial charge in [0.25, 0.3) is 5.89 Å². The van der Waals surface area contributed by atoms with E-state index < -0.39 is 10.0 Å². The van der Waals surface area contributed by atoms with Crippen molar-refractivity contribution in [2.45, 2.75) is 51.9 Å². The number of hydrogen-bond donors (Lipinski definition) is 0. The van der Waals surface area contributed by atoms with Gasteiger partial charge in [0.15, 0.2) is 5.82 Å². The van der Waals surface area contributed by atoms with Crippen LogP contribution in [-0.2, 0) is 27.7 Å². The topological polar surface area (TPSA) is 111 Å². The van der Waals surface area contributed by atoms with Crippen LogP contribution in [0, 0.1) is 6.92 Å². The van der Waals surface area contributed by atoms with E-state index in [1.807, 2.05) is 6.92 Å². The van der Waals surface area contributed by atoms with Crippen LogP contribution >= 0.6 is 11.3 Å². The molecule has 11 heteroatoms. The first-order valence-electron chi connectivity index (χ1n) is 8.07. The van der Waals surface area contributed by atoms with E-state index >= 15 is 0 Å². The van der Waals surface area contributed by atoms with Gasteiger partial charge in [0.2, 0.25) is 10.0 Å².